The molecule has 1 amide bonds. The Kier molecular flexibility index (Phi) is 6.72. The van der Waals surface area contributed by atoms with Crippen LogP contribution in [0.5, 0.6) is 11.5 Å². The SMILES string of the molecule is COc1ccc(-c2nnc(SCC(=O)Nc3ccccc3)n2-c2ccc(OC)cc2)cc1. The van der Waals surface area contributed by atoms with Crippen LogP contribution in [0, 0.1) is 0 Å². The number of nitrogens with zero attached hydrogens (tertiary/aromatic N) is 3. The zero-order chi connectivity index (χ0) is 22.3. The van der Waals surface area contributed by atoms with Crippen molar-refractivity contribution in [2.75, 3.05) is 25.3 Å². The van der Waals surface area contributed by atoms with E-state index >= 15 is 0 Å². The predicted molar refractivity (Wildman–Crippen MR) is 126 cm³/mol. The molecule has 0 radical (unpaired) electrons. The number of nitrogens with one attached hydrogen (secondary N) is 1. The van der Waals surface area contributed by atoms with Crippen LogP contribution in [0.25, 0.3) is 17.1 Å². The van der Waals surface area contributed by atoms with Gasteiger partial charge >= 0.3 is 0 Å². The number of aromatic nitrogens is 3. The average molecular weight is 447 g/mol. The van der Waals surface area contributed by atoms with Crippen molar-refractivity contribution in [3.63, 3.8) is 0 Å². The van der Waals surface area contributed by atoms with Gasteiger partial charge in [-0.1, -0.05) is 30.0 Å². The van der Waals surface area contributed by atoms with E-state index in [1.54, 1.807) is 14.2 Å². The Hall–Kier alpha value is -3.78. The van der Waals surface area contributed by atoms with Gasteiger partial charge in [0.1, 0.15) is 11.5 Å². The van der Waals surface area contributed by atoms with Crippen molar-refractivity contribution in [3.05, 3.63) is 78.9 Å². The van der Waals surface area contributed by atoms with Crippen LogP contribution >= 0.6 is 11.8 Å². The molecule has 162 valence electrons. The van der Waals surface area contributed by atoms with Crippen molar-refractivity contribution in [3.8, 4) is 28.6 Å². The summed E-state index contributed by atoms with van der Waals surface area (Å²) in [5.41, 5.74) is 2.51. The number of ether oxygens (including phenoxy) is 2. The molecule has 0 saturated heterocycles. The molecule has 0 atom stereocenters. The predicted octanol–water partition coefficient (Wildman–Crippen LogP) is 4.68. The highest BCUT2D eigenvalue weighted by Crippen LogP contribution is 2.30. The molecule has 0 unspecified atom stereocenters. The quantitative estimate of drug-likeness (QED) is 0.396. The van der Waals surface area contributed by atoms with Gasteiger partial charge in [-0.15, -0.1) is 10.2 Å². The molecule has 4 aromatic rings. The fraction of sp³-hybridized carbons (Fsp3) is 0.125. The molecule has 32 heavy (non-hydrogen) atoms. The fourth-order valence-electron chi connectivity index (χ4n) is 3.10. The first-order valence-electron chi connectivity index (χ1n) is 9.90. The van der Waals surface area contributed by atoms with Crippen molar-refractivity contribution >= 4 is 23.4 Å². The summed E-state index contributed by atoms with van der Waals surface area (Å²) in [5, 5.41) is 12.3. The van der Waals surface area contributed by atoms with Crippen LogP contribution in [0.4, 0.5) is 5.69 Å². The summed E-state index contributed by atoms with van der Waals surface area (Å²) in [5.74, 6) is 2.27. The lowest BCUT2D eigenvalue weighted by Gasteiger charge is -2.11. The summed E-state index contributed by atoms with van der Waals surface area (Å²) >= 11 is 1.32. The summed E-state index contributed by atoms with van der Waals surface area (Å²) in [7, 11) is 3.26. The van der Waals surface area contributed by atoms with Crippen molar-refractivity contribution in [2.45, 2.75) is 5.16 Å². The molecule has 1 N–H and O–H groups in total. The van der Waals surface area contributed by atoms with Crippen LogP contribution in [-0.4, -0.2) is 40.6 Å². The standard InChI is InChI=1S/C24H22N4O3S/c1-30-20-12-8-17(9-13-20)23-26-27-24(28(23)19-10-14-21(31-2)15-11-19)32-16-22(29)25-18-6-4-3-5-7-18/h3-15H,16H2,1-2H3,(H,25,29). The van der Waals surface area contributed by atoms with Crippen molar-refractivity contribution < 1.29 is 14.3 Å². The Morgan fingerprint density at radius 2 is 1.50 bits per heavy atom. The summed E-state index contributed by atoms with van der Waals surface area (Å²) in [6, 6.07) is 24.6. The molecule has 0 fully saturated rings. The lowest BCUT2D eigenvalue weighted by Crippen LogP contribution is -2.14. The van der Waals surface area contributed by atoms with Crippen molar-refractivity contribution in [1.29, 1.82) is 0 Å². The van der Waals surface area contributed by atoms with Crippen molar-refractivity contribution in [1.82, 2.24) is 14.8 Å². The van der Waals surface area contributed by atoms with Gasteiger partial charge in [0.25, 0.3) is 0 Å². The molecule has 0 bridgehead atoms. The molecule has 0 aliphatic rings. The van der Waals surface area contributed by atoms with Crippen LogP contribution in [-0.2, 0) is 4.79 Å². The first-order chi connectivity index (χ1) is 15.7. The van der Waals surface area contributed by atoms with E-state index < -0.39 is 0 Å². The molecular weight excluding hydrogens is 424 g/mol. The third-order valence-corrected chi connectivity index (χ3v) is 5.63. The van der Waals surface area contributed by atoms with E-state index in [1.165, 1.54) is 11.8 Å². The Morgan fingerprint density at radius 3 is 2.12 bits per heavy atom. The van der Waals surface area contributed by atoms with Gasteiger partial charge < -0.3 is 14.8 Å². The number of amides is 1. The Balaban J connectivity index is 1.62. The first kappa shape index (κ1) is 21.5. The van der Waals surface area contributed by atoms with Gasteiger partial charge in [-0.25, -0.2) is 0 Å². The fourth-order valence-corrected chi connectivity index (χ4v) is 3.86. The number of rotatable bonds is 8. The number of benzene rings is 3. The van der Waals surface area contributed by atoms with Gasteiger partial charge in [-0.3, -0.25) is 9.36 Å². The zero-order valence-electron chi connectivity index (χ0n) is 17.7. The maximum atomic E-state index is 12.4. The van der Waals surface area contributed by atoms with E-state index in [1.807, 2.05) is 83.4 Å². The normalized spacial score (nSPS) is 10.6. The van der Waals surface area contributed by atoms with E-state index in [0.717, 1.165) is 28.4 Å². The summed E-state index contributed by atoms with van der Waals surface area (Å²) < 4.78 is 12.5. The lowest BCUT2D eigenvalue weighted by atomic mass is 10.2. The minimum absolute atomic E-state index is 0.114. The monoisotopic (exact) mass is 446 g/mol. The van der Waals surface area contributed by atoms with E-state index in [4.69, 9.17) is 9.47 Å². The van der Waals surface area contributed by atoms with E-state index in [-0.39, 0.29) is 11.7 Å². The Labute approximate surface area is 190 Å². The second-order valence-electron chi connectivity index (χ2n) is 6.77. The number of para-hydroxylation sites is 1. The highest BCUT2D eigenvalue weighted by molar-refractivity contribution is 7.99. The van der Waals surface area contributed by atoms with Gasteiger partial charge in [-0.05, 0) is 60.7 Å². The largest absolute Gasteiger partial charge is 0.497 e. The minimum Gasteiger partial charge on any atom is -0.497 e. The van der Waals surface area contributed by atoms with E-state index in [2.05, 4.69) is 15.5 Å². The van der Waals surface area contributed by atoms with E-state index in [9.17, 15) is 4.79 Å². The van der Waals surface area contributed by atoms with Gasteiger partial charge in [0.05, 0.1) is 20.0 Å². The smallest absolute Gasteiger partial charge is 0.234 e. The number of thioether (sulfide) groups is 1. The molecule has 1 heterocycles. The Bertz CT molecular complexity index is 1180. The van der Waals surface area contributed by atoms with Crippen LogP contribution in [0.1, 0.15) is 0 Å². The molecule has 4 rings (SSSR count). The number of hydrogen-bond acceptors (Lipinski definition) is 6. The summed E-state index contributed by atoms with van der Waals surface area (Å²) in [6.45, 7) is 0. The number of hydrogen-bond donors (Lipinski definition) is 1. The molecule has 7 nitrogen and oxygen atoms in total. The molecular formula is C24H22N4O3S. The van der Waals surface area contributed by atoms with Gasteiger partial charge in [0.2, 0.25) is 5.91 Å². The highest BCUT2D eigenvalue weighted by atomic mass is 32.2. The minimum atomic E-state index is -0.114. The van der Waals surface area contributed by atoms with Gasteiger partial charge in [0, 0.05) is 16.9 Å². The molecule has 0 saturated carbocycles. The second kappa shape index (κ2) is 10.0. The summed E-state index contributed by atoms with van der Waals surface area (Å²) in [6.07, 6.45) is 0. The topological polar surface area (TPSA) is 78.3 Å². The molecule has 0 aliphatic heterocycles. The number of anilines is 1. The lowest BCUT2D eigenvalue weighted by molar-refractivity contribution is -0.113. The molecule has 0 spiro atoms. The van der Waals surface area contributed by atoms with Crippen LogP contribution in [0.3, 0.4) is 0 Å². The highest BCUT2D eigenvalue weighted by Gasteiger charge is 2.17. The van der Waals surface area contributed by atoms with Crippen LogP contribution in [0.15, 0.2) is 84.0 Å². The van der Waals surface area contributed by atoms with Crippen LogP contribution < -0.4 is 14.8 Å². The Morgan fingerprint density at radius 1 is 0.875 bits per heavy atom. The van der Waals surface area contributed by atoms with Crippen molar-refractivity contribution in [2.24, 2.45) is 0 Å². The molecule has 3 aromatic carbocycles. The number of carbonyl (C=O) groups is 1. The molecule has 1 aromatic heterocycles. The van der Waals surface area contributed by atoms with Crippen LogP contribution in [0.2, 0.25) is 0 Å². The first-order valence-corrected chi connectivity index (χ1v) is 10.9. The second-order valence-corrected chi connectivity index (χ2v) is 7.71. The average Bonchev–Trinajstić information content (AvgIpc) is 3.27. The van der Waals surface area contributed by atoms with Gasteiger partial charge in [-0.2, -0.15) is 0 Å². The zero-order valence-corrected chi connectivity index (χ0v) is 18.5. The number of methoxy groups -OCH3 is 2. The molecule has 0 aliphatic carbocycles. The third kappa shape index (κ3) is 4.92. The van der Waals surface area contributed by atoms with Gasteiger partial charge in [0.15, 0.2) is 11.0 Å². The van der Waals surface area contributed by atoms with E-state index in [0.29, 0.717) is 11.0 Å². The third-order valence-electron chi connectivity index (χ3n) is 4.70. The molecule has 8 heteroatoms. The maximum Gasteiger partial charge on any atom is 0.234 e. The number of carbonyl (C=O) groups excluding carboxylic acids is 1. The summed E-state index contributed by atoms with van der Waals surface area (Å²) in [4.78, 5) is 12.4. The maximum absolute atomic E-state index is 12.4.